The summed E-state index contributed by atoms with van der Waals surface area (Å²) in [6.45, 7) is 4.55. The van der Waals surface area contributed by atoms with E-state index < -0.39 is 0 Å². The molecule has 1 aromatic carbocycles. The van der Waals surface area contributed by atoms with Crippen molar-refractivity contribution in [3.8, 4) is 5.75 Å². The predicted molar refractivity (Wildman–Crippen MR) is 102 cm³/mol. The van der Waals surface area contributed by atoms with Crippen molar-refractivity contribution in [1.29, 1.82) is 0 Å². The van der Waals surface area contributed by atoms with E-state index in [1.165, 1.54) is 5.56 Å². The van der Waals surface area contributed by atoms with Crippen LogP contribution in [-0.4, -0.2) is 46.9 Å². The Morgan fingerprint density at radius 1 is 1.23 bits per heavy atom. The molecule has 138 valence electrons. The molecule has 5 nitrogen and oxygen atoms in total. The lowest BCUT2D eigenvalue weighted by molar-refractivity contribution is 0.0988. The second-order valence-electron chi connectivity index (χ2n) is 7.20. The summed E-state index contributed by atoms with van der Waals surface area (Å²) in [4.78, 5) is 7.05. The maximum Gasteiger partial charge on any atom is 0.129 e. The molecule has 1 unspecified atom stereocenters. The topological polar surface area (TPSA) is 39.5 Å². The molecule has 0 saturated carbocycles. The summed E-state index contributed by atoms with van der Waals surface area (Å²) < 4.78 is 13.8. The van der Waals surface area contributed by atoms with Crippen LogP contribution in [0.4, 0.5) is 0 Å². The van der Waals surface area contributed by atoms with Crippen molar-refractivity contribution in [2.24, 2.45) is 0 Å². The molecule has 1 atom stereocenters. The first-order chi connectivity index (χ1) is 12.8. The molecule has 0 amide bonds. The van der Waals surface area contributed by atoms with Gasteiger partial charge in [-0.15, -0.1) is 0 Å². The molecule has 2 aromatic rings. The minimum atomic E-state index is -0.158. The molecule has 0 radical (unpaired) electrons. The lowest BCUT2D eigenvalue weighted by Crippen LogP contribution is -2.37. The first kappa shape index (κ1) is 17.3. The summed E-state index contributed by atoms with van der Waals surface area (Å²) in [7, 11) is 1.74. The molecule has 3 heterocycles. The Balaban J connectivity index is 1.41. The van der Waals surface area contributed by atoms with E-state index in [-0.39, 0.29) is 5.60 Å². The lowest BCUT2D eigenvalue weighted by Gasteiger charge is -2.34. The van der Waals surface area contributed by atoms with Gasteiger partial charge in [-0.1, -0.05) is 24.3 Å². The number of likely N-dealkylation sites (tertiary alicyclic amines) is 1. The third-order valence-corrected chi connectivity index (χ3v) is 5.43. The molecule has 1 fully saturated rings. The highest BCUT2D eigenvalue weighted by Gasteiger charge is 2.34. The molecule has 4 rings (SSSR count). The second kappa shape index (κ2) is 7.64. The zero-order chi connectivity index (χ0) is 17.8. The number of para-hydroxylation sites is 1. The minimum Gasteiger partial charge on any atom is -0.483 e. The molecule has 0 aliphatic carbocycles. The molecule has 26 heavy (non-hydrogen) atoms. The normalized spacial score (nSPS) is 22.8. The number of hydrogen-bond acceptors (Lipinski definition) is 4. The highest BCUT2D eigenvalue weighted by atomic mass is 16.5. The zero-order valence-electron chi connectivity index (χ0n) is 15.4. The van der Waals surface area contributed by atoms with Crippen molar-refractivity contribution in [2.45, 2.75) is 38.0 Å². The third kappa shape index (κ3) is 3.69. The molecular formula is C21H27N3O2. The number of aromatic nitrogens is 2. The third-order valence-electron chi connectivity index (χ3n) is 5.43. The standard InChI is InChI=1S/C21H27N3O2/c1-25-16-15-24-14-11-22-20(24)17-23-12-4-8-21(10-13-23)9-7-18-5-2-3-6-19(18)26-21/h2-3,5-7,9,11,14H,4,8,10,12-13,15-17H2,1H3. The van der Waals surface area contributed by atoms with Crippen molar-refractivity contribution in [2.75, 3.05) is 26.8 Å². The van der Waals surface area contributed by atoms with Crippen LogP contribution in [0.2, 0.25) is 0 Å². The maximum atomic E-state index is 6.45. The van der Waals surface area contributed by atoms with Crippen LogP contribution >= 0.6 is 0 Å². The number of ether oxygens (including phenoxy) is 2. The molecule has 2 aliphatic rings. The number of rotatable bonds is 5. The van der Waals surface area contributed by atoms with Gasteiger partial charge in [-0.25, -0.2) is 4.98 Å². The fourth-order valence-corrected chi connectivity index (χ4v) is 3.90. The van der Waals surface area contributed by atoms with E-state index in [0.29, 0.717) is 6.61 Å². The summed E-state index contributed by atoms with van der Waals surface area (Å²) in [5, 5.41) is 0. The fourth-order valence-electron chi connectivity index (χ4n) is 3.90. The van der Waals surface area contributed by atoms with Gasteiger partial charge in [0.25, 0.3) is 0 Å². The van der Waals surface area contributed by atoms with Crippen molar-refractivity contribution in [1.82, 2.24) is 14.5 Å². The van der Waals surface area contributed by atoms with E-state index in [4.69, 9.17) is 9.47 Å². The second-order valence-corrected chi connectivity index (χ2v) is 7.20. The highest BCUT2D eigenvalue weighted by molar-refractivity contribution is 5.60. The predicted octanol–water partition coefficient (Wildman–Crippen LogP) is 3.36. The van der Waals surface area contributed by atoms with Crippen LogP contribution < -0.4 is 4.74 Å². The average molecular weight is 353 g/mol. The van der Waals surface area contributed by atoms with Crippen LogP contribution in [0.3, 0.4) is 0 Å². The van der Waals surface area contributed by atoms with Crippen molar-refractivity contribution >= 4 is 6.08 Å². The number of benzene rings is 1. The molecule has 5 heteroatoms. The summed E-state index contributed by atoms with van der Waals surface area (Å²) in [5.74, 6) is 2.13. The molecule has 0 bridgehead atoms. The van der Waals surface area contributed by atoms with Gasteiger partial charge in [0.05, 0.1) is 13.2 Å². The first-order valence-electron chi connectivity index (χ1n) is 9.47. The van der Waals surface area contributed by atoms with Crippen LogP contribution in [0.1, 0.15) is 30.7 Å². The summed E-state index contributed by atoms with van der Waals surface area (Å²) in [6, 6.07) is 8.30. The number of nitrogens with zero attached hydrogens (tertiary/aromatic N) is 3. The minimum absolute atomic E-state index is 0.158. The Labute approximate surface area is 155 Å². The van der Waals surface area contributed by atoms with E-state index >= 15 is 0 Å². The van der Waals surface area contributed by atoms with Crippen LogP contribution in [0, 0.1) is 0 Å². The zero-order valence-corrected chi connectivity index (χ0v) is 15.4. The Hall–Kier alpha value is -2.11. The van der Waals surface area contributed by atoms with Crippen molar-refractivity contribution in [3.05, 3.63) is 54.1 Å². The molecule has 0 N–H and O–H groups in total. The largest absolute Gasteiger partial charge is 0.483 e. The first-order valence-corrected chi connectivity index (χ1v) is 9.47. The Morgan fingerprint density at radius 3 is 3.08 bits per heavy atom. The van der Waals surface area contributed by atoms with E-state index in [1.54, 1.807) is 7.11 Å². The van der Waals surface area contributed by atoms with Gasteiger partial charge in [0.2, 0.25) is 0 Å². The van der Waals surface area contributed by atoms with E-state index in [1.807, 2.05) is 12.4 Å². The van der Waals surface area contributed by atoms with Gasteiger partial charge in [-0.3, -0.25) is 4.90 Å². The van der Waals surface area contributed by atoms with Crippen LogP contribution in [0.5, 0.6) is 5.75 Å². The smallest absolute Gasteiger partial charge is 0.129 e. The van der Waals surface area contributed by atoms with Gasteiger partial charge in [0, 0.05) is 44.6 Å². The highest BCUT2D eigenvalue weighted by Crippen LogP contribution is 2.37. The van der Waals surface area contributed by atoms with Gasteiger partial charge in [-0.05, 0) is 31.5 Å². The maximum absolute atomic E-state index is 6.45. The Morgan fingerprint density at radius 2 is 2.15 bits per heavy atom. The lowest BCUT2D eigenvalue weighted by atomic mass is 9.91. The number of fused-ring (bicyclic) bond motifs is 1. The van der Waals surface area contributed by atoms with Crippen LogP contribution in [0.25, 0.3) is 6.08 Å². The number of methoxy groups -OCH3 is 1. The SMILES string of the molecule is COCCn1ccnc1CN1CCCC2(C=Cc3ccccc3O2)CC1. The molecular weight excluding hydrogens is 326 g/mol. The number of imidazole rings is 1. The van der Waals surface area contributed by atoms with Gasteiger partial charge in [0.1, 0.15) is 17.2 Å². The molecule has 1 saturated heterocycles. The molecule has 1 spiro atoms. The summed E-state index contributed by atoms with van der Waals surface area (Å²) in [5.41, 5.74) is 1.02. The summed E-state index contributed by atoms with van der Waals surface area (Å²) in [6.07, 6.45) is 11.6. The van der Waals surface area contributed by atoms with Gasteiger partial charge < -0.3 is 14.0 Å². The Kier molecular flexibility index (Phi) is 5.09. The van der Waals surface area contributed by atoms with Crippen LogP contribution in [0.15, 0.2) is 42.7 Å². The van der Waals surface area contributed by atoms with Crippen molar-refractivity contribution < 1.29 is 9.47 Å². The fraction of sp³-hybridized carbons (Fsp3) is 0.476. The van der Waals surface area contributed by atoms with Crippen molar-refractivity contribution in [3.63, 3.8) is 0 Å². The van der Waals surface area contributed by atoms with Crippen LogP contribution in [-0.2, 0) is 17.8 Å². The number of hydrogen-bond donors (Lipinski definition) is 0. The van der Waals surface area contributed by atoms with Gasteiger partial charge in [0.15, 0.2) is 0 Å². The monoisotopic (exact) mass is 353 g/mol. The van der Waals surface area contributed by atoms with Gasteiger partial charge in [-0.2, -0.15) is 0 Å². The average Bonchev–Trinajstić information content (AvgIpc) is 3.02. The quantitative estimate of drug-likeness (QED) is 0.826. The van der Waals surface area contributed by atoms with E-state index in [0.717, 1.165) is 57.0 Å². The summed E-state index contributed by atoms with van der Waals surface area (Å²) >= 11 is 0. The molecule has 1 aromatic heterocycles. The molecule has 2 aliphatic heterocycles. The van der Waals surface area contributed by atoms with E-state index in [9.17, 15) is 0 Å². The van der Waals surface area contributed by atoms with E-state index in [2.05, 4.69) is 50.9 Å². The Bertz CT molecular complexity index is 770. The van der Waals surface area contributed by atoms with Gasteiger partial charge >= 0.3 is 0 Å².